The summed E-state index contributed by atoms with van der Waals surface area (Å²) in [5.41, 5.74) is 7.61. The molecule has 0 saturated heterocycles. The second kappa shape index (κ2) is 5.64. The van der Waals surface area contributed by atoms with Gasteiger partial charge in [0, 0.05) is 37.2 Å². The lowest BCUT2D eigenvalue weighted by Gasteiger charge is -2.19. The Labute approximate surface area is 112 Å². The van der Waals surface area contributed by atoms with Crippen molar-refractivity contribution >= 4 is 22.9 Å². The van der Waals surface area contributed by atoms with Crippen molar-refractivity contribution in [1.82, 2.24) is 9.78 Å². The molecule has 0 aliphatic carbocycles. The van der Waals surface area contributed by atoms with Crippen LogP contribution in [0.3, 0.4) is 0 Å². The number of rotatable bonds is 5. The van der Waals surface area contributed by atoms with Crippen molar-refractivity contribution in [3.05, 3.63) is 48.3 Å². The fourth-order valence-electron chi connectivity index (χ4n) is 1.69. The summed E-state index contributed by atoms with van der Waals surface area (Å²) in [6, 6.07) is 9.87. The largest absolute Gasteiger partial charge is 0.389 e. The zero-order valence-corrected chi connectivity index (χ0v) is 11.1. The van der Waals surface area contributed by atoms with Gasteiger partial charge in [-0.1, -0.05) is 12.2 Å². The number of nitrogens with two attached hydrogens (primary N) is 1. The molecule has 0 aliphatic heterocycles. The molecule has 0 amide bonds. The van der Waals surface area contributed by atoms with Crippen LogP contribution < -0.4 is 10.6 Å². The minimum Gasteiger partial charge on any atom is -0.389 e. The third-order valence-electron chi connectivity index (χ3n) is 2.82. The topological polar surface area (TPSA) is 47.1 Å². The first-order chi connectivity index (χ1) is 8.66. The van der Waals surface area contributed by atoms with Crippen LogP contribution in [0.1, 0.15) is 5.56 Å². The van der Waals surface area contributed by atoms with Crippen LogP contribution in [-0.2, 0) is 6.54 Å². The molecule has 2 rings (SSSR count). The third kappa shape index (κ3) is 3.07. The van der Waals surface area contributed by atoms with Crippen LogP contribution in [0.25, 0.3) is 0 Å². The van der Waals surface area contributed by atoms with Crippen LogP contribution in [0, 0.1) is 0 Å². The van der Waals surface area contributed by atoms with Gasteiger partial charge in [0.15, 0.2) is 0 Å². The van der Waals surface area contributed by atoms with Gasteiger partial charge in [-0.15, -0.1) is 0 Å². The van der Waals surface area contributed by atoms with E-state index in [1.54, 1.807) is 6.20 Å². The number of nitrogens with zero attached hydrogens (tertiary/aromatic N) is 3. The molecule has 0 radical (unpaired) electrons. The molecule has 0 bridgehead atoms. The summed E-state index contributed by atoms with van der Waals surface area (Å²) in [7, 11) is 2.05. The number of anilines is 1. The van der Waals surface area contributed by atoms with Gasteiger partial charge in [0.05, 0.1) is 6.54 Å². The number of thiocarbonyl (C=S) groups is 1. The summed E-state index contributed by atoms with van der Waals surface area (Å²) in [5.74, 6) is 0. The summed E-state index contributed by atoms with van der Waals surface area (Å²) < 4.78 is 1.92. The van der Waals surface area contributed by atoms with E-state index in [-0.39, 0.29) is 0 Å². The van der Waals surface area contributed by atoms with Gasteiger partial charge in [-0.25, -0.2) is 0 Å². The number of likely N-dealkylation sites (N-methyl/N-ethyl adjacent to an activating group) is 1. The van der Waals surface area contributed by atoms with Crippen molar-refractivity contribution in [2.75, 3.05) is 18.5 Å². The zero-order chi connectivity index (χ0) is 13.0. The Hall–Kier alpha value is -1.88. The maximum atomic E-state index is 5.57. The van der Waals surface area contributed by atoms with E-state index in [0.717, 1.165) is 24.3 Å². The molecule has 0 spiro atoms. The molecule has 4 nitrogen and oxygen atoms in total. The highest BCUT2D eigenvalue weighted by Crippen LogP contribution is 2.13. The maximum Gasteiger partial charge on any atom is 0.103 e. The van der Waals surface area contributed by atoms with Crippen molar-refractivity contribution in [2.45, 2.75) is 6.54 Å². The summed E-state index contributed by atoms with van der Waals surface area (Å²) in [5, 5.41) is 4.18. The minimum absolute atomic E-state index is 0.431. The first kappa shape index (κ1) is 12.6. The Balaban J connectivity index is 1.96. The zero-order valence-electron chi connectivity index (χ0n) is 10.3. The predicted octanol–water partition coefficient (Wildman–Crippen LogP) is 1.65. The number of aromatic nitrogens is 2. The predicted molar refractivity (Wildman–Crippen MR) is 77.8 cm³/mol. The summed E-state index contributed by atoms with van der Waals surface area (Å²) in [4.78, 5) is 2.60. The standard InChI is InChI=1S/C13H16N4S/c1-16(9-10-17-8-2-7-15-17)12-5-3-11(4-6-12)13(14)18/h2-8H,9-10H2,1H3,(H2,14,18). The first-order valence-corrected chi connectivity index (χ1v) is 6.16. The van der Waals surface area contributed by atoms with E-state index in [0.29, 0.717) is 4.99 Å². The van der Waals surface area contributed by atoms with Gasteiger partial charge in [-0.3, -0.25) is 4.68 Å². The summed E-state index contributed by atoms with van der Waals surface area (Å²) >= 11 is 4.93. The van der Waals surface area contributed by atoms with Gasteiger partial charge >= 0.3 is 0 Å². The average molecular weight is 260 g/mol. The molecule has 1 aromatic heterocycles. The Morgan fingerprint density at radius 2 is 2.11 bits per heavy atom. The Kier molecular flexibility index (Phi) is 3.94. The molecule has 0 fully saturated rings. The molecular weight excluding hydrogens is 244 g/mol. The van der Waals surface area contributed by atoms with Crippen molar-refractivity contribution in [1.29, 1.82) is 0 Å². The molecule has 2 N–H and O–H groups in total. The monoisotopic (exact) mass is 260 g/mol. The van der Waals surface area contributed by atoms with Gasteiger partial charge in [0.25, 0.3) is 0 Å². The Morgan fingerprint density at radius 3 is 2.67 bits per heavy atom. The number of hydrogen-bond donors (Lipinski definition) is 1. The second-order valence-electron chi connectivity index (χ2n) is 4.10. The summed E-state index contributed by atoms with van der Waals surface area (Å²) in [6.45, 7) is 1.76. The van der Waals surface area contributed by atoms with E-state index < -0.39 is 0 Å². The highest BCUT2D eigenvalue weighted by molar-refractivity contribution is 7.80. The van der Waals surface area contributed by atoms with E-state index in [9.17, 15) is 0 Å². The highest BCUT2D eigenvalue weighted by atomic mass is 32.1. The second-order valence-corrected chi connectivity index (χ2v) is 4.54. The van der Waals surface area contributed by atoms with Gasteiger partial charge in [-0.2, -0.15) is 5.10 Å². The van der Waals surface area contributed by atoms with Crippen LogP contribution in [0.5, 0.6) is 0 Å². The molecule has 94 valence electrons. The van der Waals surface area contributed by atoms with E-state index in [1.807, 2.05) is 41.2 Å². The van der Waals surface area contributed by atoms with E-state index >= 15 is 0 Å². The average Bonchev–Trinajstić information content (AvgIpc) is 2.89. The number of benzene rings is 1. The molecule has 1 heterocycles. The van der Waals surface area contributed by atoms with Crippen LogP contribution >= 0.6 is 12.2 Å². The summed E-state index contributed by atoms with van der Waals surface area (Å²) in [6.07, 6.45) is 3.75. The SMILES string of the molecule is CN(CCn1cccn1)c1ccc(C(N)=S)cc1. The fraction of sp³-hybridized carbons (Fsp3) is 0.231. The molecule has 1 aromatic carbocycles. The lowest BCUT2D eigenvalue weighted by Crippen LogP contribution is -2.23. The molecular formula is C13H16N4S. The maximum absolute atomic E-state index is 5.57. The third-order valence-corrected chi connectivity index (χ3v) is 3.05. The molecule has 18 heavy (non-hydrogen) atoms. The van der Waals surface area contributed by atoms with Crippen LogP contribution in [-0.4, -0.2) is 28.4 Å². The van der Waals surface area contributed by atoms with Crippen LogP contribution in [0.4, 0.5) is 5.69 Å². The van der Waals surface area contributed by atoms with Gasteiger partial charge in [0.2, 0.25) is 0 Å². The number of hydrogen-bond acceptors (Lipinski definition) is 3. The van der Waals surface area contributed by atoms with Crippen molar-refractivity contribution < 1.29 is 0 Å². The van der Waals surface area contributed by atoms with Crippen molar-refractivity contribution in [3.63, 3.8) is 0 Å². The normalized spacial score (nSPS) is 10.3. The lowest BCUT2D eigenvalue weighted by atomic mass is 10.2. The van der Waals surface area contributed by atoms with Crippen molar-refractivity contribution in [2.24, 2.45) is 5.73 Å². The van der Waals surface area contributed by atoms with Crippen LogP contribution in [0.2, 0.25) is 0 Å². The Morgan fingerprint density at radius 1 is 1.39 bits per heavy atom. The smallest absolute Gasteiger partial charge is 0.103 e. The quantitative estimate of drug-likeness (QED) is 0.831. The van der Waals surface area contributed by atoms with E-state index in [1.165, 1.54) is 0 Å². The fourth-order valence-corrected chi connectivity index (χ4v) is 1.83. The first-order valence-electron chi connectivity index (χ1n) is 5.75. The van der Waals surface area contributed by atoms with Gasteiger partial charge < -0.3 is 10.6 Å². The van der Waals surface area contributed by atoms with Crippen LogP contribution in [0.15, 0.2) is 42.7 Å². The van der Waals surface area contributed by atoms with Crippen molar-refractivity contribution in [3.8, 4) is 0 Å². The van der Waals surface area contributed by atoms with E-state index in [4.69, 9.17) is 18.0 Å². The molecule has 0 aliphatic rings. The molecule has 5 heteroatoms. The molecule has 0 atom stereocenters. The highest BCUT2D eigenvalue weighted by Gasteiger charge is 2.02. The van der Waals surface area contributed by atoms with Gasteiger partial charge in [-0.05, 0) is 30.3 Å². The van der Waals surface area contributed by atoms with Gasteiger partial charge in [0.1, 0.15) is 4.99 Å². The minimum atomic E-state index is 0.431. The van der Waals surface area contributed by atoms with E-state index in [2.05, 4.69) is 17.0 Å². The lowest BCUT2D eigenvalue weighted by molar-refractivity contribution is 0.611. The molecule has 0 unspecified atom stereocenters. The Bertz CT molecular complexity index is 504. The molecule has 0 saturated carbocycles. The molecule has 2 aromatic rings.